The minimum atomic E-state index is 0. The Morgan fingerprint density at radius 2 is 2.00 bits per heavy atom. The smallest absolute Gasteiger partial charge is 0.243 e. The Kier molecular flexibility index (Phi) is 11.5. The Morgan fingerprint density at radius 1 is 1.27 bits per heavy atom. The number of carbonyl (C=O) groups excluding carboxylic acids is 1. The highest BCUT2D eigenvalue weighted by atomic mass is 127. The summed E-state index contributed by atoms with van der Waals surface area (Å²) in [5.41, 5.74) is 0. The molecule has 2 rings (SSSR count). The molecule has 2 fully saturated rings. The zero-order chi connectivity index (χ0) is 18.1. The lowest BCUT2D eigenvalue weighted by Crippen LogP contribution is -2.43. The summed E-state index contributed by atoms with van der Waals surface area (Å²) in [6, 6.07) is 0. The van der Waals surface area contributed by atoms with Crippen LogP contribution in [0.3, 0.4) is 0 Å². The number of amides is 1. The second-order valence-electron chi connectivity index (χ2n) is 7.22. The van der Waals surface area contributed by atoms with Crippen molar-refractivity contribution in [3.63, 3.8) is 0 Å². The fraction of sp³-hybridized carbons (Fsp3) is 0.889. The predicted octanol–water partition coefficient (Wildman–Crippen LogP) is 1.09. The number of guanidine groups is 1. The lowest BCUT2D eigenvalue weighted by molar-refractivity contribution is -0.127. The van der Waals surface area contributed by atoms with Crippen molar-refractivity contribution < 1.29 is 9.53 Å². The van der Waals surface area contributed by atoms with Gasteiger partial charge >= 0.3 is 0 Å². The van der Waals surface area contributed by atoms with Crippen molar-refractivity contribution in [2.45, 2.75) is 26.2 Å². The minimum Gasteiger partial charge on any atom is -0.379 e. The molecule has 0 radical (unpaired) electrons. The molecule has 0 aromatic heterocycles. The molecule has 1 unspecified atom stereocenters. The molecule has 0 saturated carbocycles. The fourth-order valence-electron chi connectivity index (χ4n) is 3.25. The summed E-state index contributed by atoms with van der Waals surface area (Å²) in [5, 5.41) is 3.45. The van der Waals surface area contributed by atoms with Gasteiger partial charge in [0, 0.05) is 53.4 Å². The highest BCUT2D eigenvalue weighted by Gasteiger charge is 2.27. The van der Waals surface area contributed by atoms with Crippen LogP contribution < -0.4 is 5.32 Å². The monoisotopic (exact) mass is 481 g/mol. The summed E-state index contributed by atoms with van der Waals surface area (Å²) in [6.45, 7) is 10.3. The first kappa shape index (κ1) is 23.4. The molecule has 1 atom stereocenters. The van der Waals surface area contributed by atoms with Crippen LogP contribution in [0, 0.1) is 5.92 Å². The van der Waals surface area contributed by atoms with Crippen molar-refractivity contribution in [2.24, 2.45) is 10.9 Å². The third-order valence-corrected chi connectivity index (χ3v) is 4.88. The number of likely N-dealkylation sites (tertiary alicyclic amines) is 1. The van der Waals surface area contributed by atoms with Crippen molar-refractivity contribution in [1.29, 1.82) is 0 Å². The summed E-state index contributed by atoms with van der Waals surface area (Å²) >= 11 is 0. The Bertz CT molecular complexity index is 441. The van der Waals surface area contributed by atoms with Gasteiger partial charge in [0.25, 0.3) is 0 Å². The molecule has 2 aliphatic heterocycles. The Hall–Kier alpha value is -0.610. The van der Waals surface area contributed by atoms with Crippen LogP contribution in [0.2, 0.25) is 0 Å². The van der Waals surface area contributed by atoms with Crippen LogP contribution in [0.25, 0.3) is 0 Å². The molecule has 7 nitrogen and oxygen atoms in total. The number of hydrogen-bond donors (Lipinski definition) is 1. The molecule has 2 aliphatic rings. The van der Waals surface area contributed by atoms with E-state index >= 15 is 0 Å². The average Bonchev–Trinajstić information content (AvgIpc) is 3.06. The van der Waals surface area contributed by atoms with Crippen molar-refractivity contribution >= 4 is 35.8 Å². The number of unbranched alkanes of at least 4 members (excludes halogenated alkanes) is 1. The topological polar surface area (TPSA) is 60.4 Å². The summed E-state index contributed by atoms with van der Waals surface area (Å²) in [6.07, 6.45) is 3.45. The van der Waals surface area contributed by atoms with Gasteiger partial charge < -0.3 is 19.9 Å². The average molecular weight is 481 g/mol. The quantitative estimate of drug-likeness (QED) is 0.256. The van der Waals surface area contributed by atoms with Crippen molar-refractivity contribution in [3.05, 3.63) is 0 Å². The molecule has 26 heavy (non-hydrogen) atoms. The fourth-order valence-corrected chi connectivity index (χ4v) is 3.25. The van der Waals surface area contributed by atoms with Gasteiger partial charge in [0.15, 0.2) is 5.96 Å². The van der Waals surface area contributed by atoms with Crippen LogP contribution in [0.15, 0.2) is 4.99 Å². The number of morpholine rings is 1. The normalized spacial score (nSPS) is 21.4. The number of rotatable bonds is 7. The van der Waals surface area contributed by atoms with E-state index in [1.54, 1.807) is 19.0 Å². The van der Waals surface area contributed by atoms with Gasteiger partial charge in [0.05, 0.1) is 13.2 Å². The van der Waals surface area contributed by atoms with Crippen LogP contribution >= 0.6 is 24.0 Å². The summed E-state index contributed by atoms with van der Waals surface area (Å²) in [5.74, 6) is 1.60. The Balaban J connectivity index is 0.00000338. The van der Waals surface area contributed by atoms with Gasteiger partial charge in [-0.2, -0.15) is 0 Å². The molecule has 8 heteroatoms. The molecule has 0 bridgehead atoms. The number of nitrogens with one attached hydrogen (secondary N) is 1. The molecular weight excluding hydrogens is 445 g/mol. The lowest BCUT2D eigenvalue weighted by atomic mass is 10.1. The highest BCUT2D eigenvalue weighted by Crippen LogP contribution is 2.18. The van der Waals surface area contributed by atoms with Crippen LogP contribution in [0.1, 0.15) is 26.2 Å². The number of aliphatic imine (C=N–C) groups is 1. The molecular formula is C18H36IN5O2. The number of likely N-dealkylation sites (N-methyl/N-ethyl adjacent to an activating group) is 1. The Labute approximate surface area is 175 Å². The van der Waals surface area contributed by atoms with Crippen molar-refractivity contribution in [1.82, 2.24) is 20.0 Å². The largest absolute Gasteiger partial charge is 0.379 e. The predicted molar refractivity (Wildman–Crippen MR) is 116 cm³/mol. The van der Waals surface area contributed by atoms with Crippen molar-refractivity contribution in [3.8, 4) is 0 Å². The van der Waals surface area contributed by atoms with E-state index in [2.05, 4.69) is 27.0 Å². The molecule has 0 aromatic rings. The van der Waals surface area contributed by atoms with Gasteiger partial charge in [-0.25, -0.2) is 4.99 Å². The molecule has 152 valence electrons. The van der Waals surface area contributed by atoms with Gasteiger partial charge in [-0.3, -0.25) is 9.69 Å². The van der Waals surface area contributed by atoms with Crippen LogP contribution in [-0.2, 0) is 9.53 Å². The first-order valence-corrected chi connectivity index (χ1v) is 9.63. The summed E-state index contributed by atoms with van der Waals surface area (Å²) in [7, 11) is 3.55. The molecule has 1 N–H and O–H groups in total. The zero-order valence-electron chi connectivity index (χ0n) is 16.6. The molecule has 1 amide bonds. The first-order valence-electron chi connectivity index (χ1n) is 9.63. The number of hydrogen-bond acceptors (Lipinski definition) is 4. The van der Waals surface area contributed by atoms with E-state index in [9.17, 15) is 4.79 Å². The van der Waals surface area contributed by atoms with E-state index in [4.69, 9.17) is 4.74 Å². The van der Waals surface area contributed by atoms with E-state index in [0.717, 1.165) is 71.3 Å². The second-order valence-corrected chi connectivity index (χ2v) is 7.22. The second kappa shape index (κ2) is 12.7. The van der Waals surface area contributed by atoms with Gasteiger partial charge in [-0.1, -0.05) is 13.3 Å². The van der Waals surface area contributed by atoms with Crippen LogP contribution in [0.5, 0.6) is 0 Å². The molecule has 0 spiro atoms. The number of halogens is 1. The van der Waals surface area contributed by atoms with E-state index in [1.165, 1.54) is 6.42 Å². The molecule has 0 aliphatic carbocycles. The van der Waals surface area contributed by atoms with Crippen LogP contribution in [0.4, 0.5) is 0 Å². The maximum absolute atomic E-state index is 11.9. The first-order chi connectivity index (χ1) is 12.1. The summed E-state index contributed by atoms with van der Waals surface area (Å²) in [4.78, 5) is 22.9. The Morgan fingerprint density at radius 3 is 2.65 bits per heavy atom. The lowest BCUT2D eigenvalue weighted by Gasteiger charge is -2.29. The summed E-state index contributed by atoms with van der Waals surface area (Å²) < 4.78 is 5.43. The number of carbonyl (C=O) groups is 1. The number of ether oxygens (including phenoxy) is 1. The maximum Gasteiger partial charge on any atom is 0.243 e. The maximum atomic E-state index is 11.9. The van der Waals surface area contributed by atoms with Gasteiger partial charge in [-0.05, 0) is 18.8 Å². The SMILES string of the molecule is CCCCNC(=NCC(=O)N(C)C)N1CCC(CN2CCOCC2)C1.I. The van der Waals surface area contributed by atoms with E-state index in [0.29, 0.717) is 5.92 Å². The van der Waals surface area contributed by atoms with E-state index < -0.39 is 0 Å². The van der Waals surface area contributed by atoms with E-state index in [-0.39, 0.29) is 36.4 Å². The van der Waals surface area contributed by atoms with Crippen molar-refractivity contribution in [2.75, 3.05) is 73.1 Å². The molecule has 2 heterocycles. The zero-order valence-corrected chi connectivity index (χ0v) is 18.9. The van der Waals surface area contributed by atoms with Gasteiger partial charge in [0.1, 0.15) is 6.54 Å². The van der Waals surface area contributed by atoms with E-state index in [1.807, 2.05) is 0 Å². The highest BCUT2D eigenvalue weighted by molar-refractivity contribution is 14.0. The standard InChI is InChI=1S/C18H35N5O2.HI/c1-4-5-7-19-18(20-13-17(24)21(2)3)23-8-6-16(15-23)14-22-9-11-25-12-10-22;/h16H,4-15H2,1-3H3,(H,19,20);1H. The van der Waals surface area contributed by atoms with Gasteiger partial charge in [0.2, 0.25) is 5.91 Å². The molecule has 2 saturated heterocycles. The third-order valence-electron chi connectivity index (χ3n) is 4.88. The number of nitrogens with zero attached hydrogens (tertiary/aromatic N) is 4. The van der Waals surface area contributed by atoms with Crippen LogP contribution in [-0.4, -0.2) is 99.7 Å². The minimum absolute atomic E-state index is 0. The third kappa shape index (κ3) is 7.96. The molecule has 0 aromatic carbocycles. The van der Waals surface area contributed by atoms with Gasteiger partial charge in [-0.15, -0.1) is 24.0 Å².